The van der Waals surface area contributed by atoms with Crippen molar-refractivity contribution in [1.29, 1.82) is 0 Å². The van der Waals surface area contributed by atoms with E-state index in [4.69, 9.17) is 4.74 Å². The van der Waals surface area contributed by atoms with Gasteiger partial charge in [0.2, 0.25) is 0 Å². The van der Waals surface area contributed by atoms with Gasteiger partial charge in [-0.2, -0.15) is 0 Å². The summed E-state index contributed by atoms with van der Waals surface area (Å²) in [5.41, 5.74) is 0.856. The molecule has 2 rings (SSSR count). The van der Waals surface area contributed by atoms with Gasteiger partial charge < -0.3 is 10.1 Å². The molecule has 1 heterocycles. The number of ether oxygens (including phenoxy) is 1. The standard InChI is InChI=1S/C18H27NO2/c1-5-18(14-9-7-6-8-10-14)11-15(21-16(18)20)12-19-13-17(2,3)4/h6-10,15,19H,5,11-13H2,1-4H3. The summed E-state index contributed by atoms with van der Waals surface area (Å²) in [6.45, 7) is 10.3. The molecule has 0 saturated carbocycles. The number of hydrogen-bond acceptors (Lipinski definition) is 3. The first-order chi connectivity index (χ1) is 9.87. The zero-order valence-corrected chi connectivity index (χ0v) is 13.6. The van der Waals surface area contributed by atoms with Crippen molar-refractivity contribution in [1.82, 2.24) is 5.32 Å². The Kier molecular flexibility index (Phi) is 4.72. The molecule has 1 saturated heterocycles. The highest BCUT2D eigenvalue weighted by Gasteiger charge is 2.48. The number of nitrogens with one attached hydrogen (secondary N) is 1. The second-order valence-electron chi connectivity index (χ2n) is 7.22. The third-order valence-corrected chi connectivity index (χ3v) is 4.20. The van der Waals surface area contributed by atoms with Crippen molar-refractivity contribution in [3.63, 3.8) is 0 Å². The number of carbonyl (C=O) groups is 1. The first kappa shape index (κ1) is 16.0. The largest absolute Gasteiger partial charge is 0.460 e. The molecule has 0 amide bonds. The first-order valence-electron chi connectivity index (χ1n) is 7.85. The van der Waals surface area contributed by atoms with Gasteiger partial charge in [0.25, 0.3) is 0 Å². The first-order valence-corrected chi connectivity index (χ1v) is 7.85. The average Bonchev–Trinajstić information content (AvgIpc) is 2.75. The van der Waals surface area contributed by atoms with Gasteiger partial charge in [-0.1, -0.05) is 58.0 Å². The highest BCUT2D eigenvalue weighted by molar-refractivity contribution is 5.85. The Morgan fingerprint density at radius 1 is 1.29 bits per heavy atom. The Hall–Kier alpha value is -1.35. The molecule has 0 spiro atoms. The lowest BCUT2D eigenvalue weighted by molar-refractivity contribution is -0.145. The summed E-state index contributed by atoms with van der Waals surface area (Å²) >= 11 is 0. The molecule has 0 aliphatic carbocycles. The minimum atomic E-state index is -0.463. The van der Waals surface area contributed by atoms with Crippen molar-refractivity contribution in [3.05, 3.63) is 35.9 Å². The smallest absolute Gasteiger partial charge is 0.317 e. The highest BCUT2D eigenvalue weighted by atomic mass is 16.6. The summed E-state index contributed by atoms with van der Waals surface area (Å²) in [6.07, 6.45) is 1.52. The van der Waals surface area contributed by atoms with Crippen LogP contribution in [0.15, 0.2) is 30.3 Å². The molecule has 116 valence electrons. The highest BCUT2D eigenvalue weighted by Crippen LogP contribution is 2.40. The number of hydrogen-bond donors (Lipinski definition) is 1. The second-order valence-corrected chi connectivity index (χ2v) is 7.22. The second kappa shape index (κ2) is 6.18. The summed E-state index contributed by atoms with van der Waals surface area (Å²) < 4.78 is 5.64. The molecule has 21 heavy (non-hydrogen) atoms. The third-order valence-electron chi connectivity index (χ3n) is 4.20. The van der Waals surface area contributed by atoms with Gasteiger partial charge >= 0.3 is 5.97 Å². The fourth-order valence-corrected chi connectivity index (χ4v) is 2.99. The van der Waals surface area contributed by atoms with Crippen LogP contribution in [0.5, 0.6) is 0 Å². The molecule has 2 unspecified atom stereocenters. The fraction of sp³-hybridized carbons (Fsp3) is 0.611. The number of rotatable bonds is 5. The topological polar surface area (TPSA) is 38.3 Å². The van der Waals surface area contributed by atoms with Crippen molar-refractivity contribution in [2.45, 2.75) is 52.1 Å². The van der Waals surface area contributed by atoms with Crippen molar-refractivity contribution in [2.75, 3.05) is 13.1 Å². The van der Waals surface area contributed by atoms with E-state index in [1.165, 1.54) is 0 Å². The van der Waals surface area contributed by atoms with Crippen LogP contribution < -0.4 is 5.32 Å². The van der Waals surface area contributed by atoms with Gasteiger partial charge in [0.05, 0.1) is 5.41 Å². The van der Waals surface area contributed by atoms with E-state index in [0.717, 1.165) is 31.5 Å². The summed E-state index contributed by atoms with van der Waals surface area (Å²) in [6, 6.07) is 10.0. The van der Waals surface area contributed by atoms with Crippen LogP contribution in [0, 0.1) is 5.41 Å². The van der Waals surface area contributed by atoms with Crippen LogP contribution in [0.2, 0.25) is 0 Å². The maximum atomic E-state index is 12.4. The molecule has 2 atom stereocenters. The normalized spacial score (nSPS) is 25.9. The maximum absolute atomic E-state index is 12.4. The molecule has 1 aliphatic rings. The van der Waals surface area contributed by atoms with Crippen LogP contribution >= 0.6 is 0 Å². The molecular weight excluding hydrogens is 262 g/mol. The Labute approximate surface area is 128 Å². The summed E-state index contributed by atoms with van der Waals surface area (Å²) in [7, 11) is 0. The molecular formula is C18H27NO2. The lowest BCUT2D eigenvalue weighted by atomic mass is 9.76. The number of cyclic esters (lactones) is 1. The van der Waals surface area contributed by atoms with Gasteiger partial charge in [-0.05, 0) is 17.4 Å². The van der Waals surface area contributed by atoms with Gasteiger partial charge in [0.15, 0.2) is 0 Å². The van der Waals surface area contributed by atoms with Gasteiger partial charge in [-0.3, -0.25) is 4.79 Å². The molecule has 1 aliphatic heterocycles. The molecule has 1 aromatic rings. The van der Waals surface area contributed by atoms with Crippen molar-refractivity contribution < 1.29 is 9.53 Å². The molecule has 0 radical (unpaired) electrons. The summed E-state index contributed by atoms with van der Waals surface area (Å²) in [5, 5.41) is 3.42. The van der Waals surface area contributed by atoms with E-state index < -0.39 is 5.41 Å². The van der Waals surface area contributed by atoms with Crippen molar-refractivity contribution >= 4 is 5.97 Å². The predicted octanol–water partition coefficient (Wildman–Crippen LogP) is 3.29. The maximum Gasteiger partial charge on any atom is 0.317 e. The van der Waals surface area contributed by atoms with Crippen LogP contribution in [0.4, 0.5) is 0 Å². The quantitative estimate of drug-likeness (QED) is 0.845. The van der Waals surface area contributed by atoms with Gasteiger partial charge in [-0.25, -0.2) is 0 Å². The van der Waals surface area contributed by atoms with Crippen LogP contribution in [-0.4, -0.2) is 25.2 Å². The van der Waals surface area contributed by atoms with Crippen LogP contribution in [-0.2, 0) is 14.9 Å². The van der Waals surface area contributed by atoms with Crippen molar-refractivity contribution in [2.24, 2.45) is 5.41 Å². The molecule has 1 N–H and O–H groups in total. The molecule has 0 bridgehead atoms. The number of benzene rings is 1. The minimum Gasteiger partial charge on any atom is -0.460 e. The zero-order chi connectivity index (χ0) is 15.5. The van der Waals surface area contributed by atoms with E-state index >= 15 is 0 Å². The third kappa shape index (κ3) is 3.65. The van der Waals surface area contributed by atoms with E-state index in [1.54, 1.807) is 0 Å². The van der Waals surface area contributed by atoms with E-state index in [1.807, 2.05) is 30.3 Å². The molecule has 3 nitrogen and oxygen atoms in total. The molecule has 1 aromatic carbocycles. The monoisotopic (exact) mass is 289 g/mol. The van der Waals surface area contributed by atoms with E-state index in [-0.39, 0.29) is 17.5 Å². The Bertz CT molecular complexity index is 478. The molecule has 1 fully saturated rings. The molecule has 3 heteroatoms. The van der Waals surface area contributed by atoms with Gasteiger partial charge in [0.1, 0.15) is 6.10 Å². The Morgan fingerprint density at radius 3 is 2.52 bits per heavy atom. The van der Waals surface area contributed by atoms with Crippen molar-refractivity contribution in [3.8, 4) is 0 Å². The van der Waals surface area contributed by atoms with Crippen LogP contribution in [0.1, 0.15) is 46.1 Å². The number of esters is 1. The molecule has 0 aromatic heterocycles. The lowest BCUT2D eigenvalue weighted by Gasteiger charge is -2.23. The van der Waals surface area contributed by atoms with E-state index in [0.29, 0.717) is 0 Å². The van der Waals surface area contributed by atoms with E-state index in [2.05, 4.69) is 33.0 Å². The SMILES string of the molecule is CCC1(c2ccccc2)CC(CNCC(C)(C)C)OC1=O. The van der Waals surface area contributed by atoms with Gasteiger partial charge in [-0.15, -0.1) is 0 Å². The lowest BCUT2D eigenvalue weighted by Crippen LogP contribution is -2.34. The fourth-order valence-electron chi connectivity index (χ4n) is 2.99. The average molecular weight is 289 g/mol. The van der Waals surface area contributed by atoms with Gasteiger partial charge in [0, 0.05) is 19.5 Å². The summed E-state index contributed by atoms with van der Waals surface area (Å²) in [4.78, 5) is 12.4. The van der Waals surface area contributed by atoms with Crippen LogP contribution in [0.3, 0.4) is 0 Å². The minimum absolute atomic E-state index is 0.0278. The Balaban J connectivity index is 2.04. The summed E-state index contributed by atoms with van der Waals surface area (Å²) in [5.74, 6) is -0.0706. The zero-order valence-electron chi connectivity index (χ0n) is 13.6. The van der Waals surface area contributed by atoms with Crippen LogP contribution in [0.25, 0.3) is 0 Å². The van der Waals surface area contributed by atoms with E-state index in [9.17, 15) is 4.79 Å². The Morgan fingerprint density at radius 2 is 1.95 bits per heavy atom. The number of carbonyl (C=O) groups excluding carboxylic acids is 1. The predicted molar refractivity (Wildman–Crippen MR) is 85.2 cm³/mol.